The van der Waals surface area contributed by atoms with E-state index in [2.05, 4.69) is 9.97 Å². The van der Waals surface area contributed by atoms with Gasteiger partial charge in [0.25, 0.3) is 0 Å². The van der Waals surface area contributed by atoms with E-state index in [1.165, 1.54) is 0 Å². The van der Waals surface area contributed by atoms with Crippen LogP contribution in [0.3, 0.4) is 0 Å². The zero-order valence-electron chi connectivity index (χ0n) is 12.5. The van der Waals surface area contributed by atoms with Crippen molar-refractivity contribution in [2.45, 2.75) is 13.8 Å². The Morgan fingerprint density at radius 3 is 2.52 bits per heavy atom. The molecule has 21 heavy (non-hydrogen) atoms. The number of aromatic nitrogens is 3. The summed E-state index contributed by atoms with van der Waals surface area (Å²) in [6.45, 7) is 4.01. The van der Waals surface area contributed by atoms with Crippen LogP contribution in [0.5, 0.6) is 11.5 Å². The van der Waals surface area contributed by atoms with Crippen molar-refractivity contribution >= 4 is 5.78 Å². The van der Waals surface area contributed by atoms with E-state index in [-0.39, 0.29) is 0 Å². The zero-order chi connectivity index (χ0) is 15.0. The van der Waals surface area contributed by atoms with Crippen molar-refractivity contribution in [1.82, 2.24) is 14.4 Å². The van der Waals surface area contributed by atoms with Crippen LogP contribution in [0.4, 0.5) is 0 Å². The molecule has 0 atom stereocenters. The van der Waals surface area contributed by atoms with Gasteiger partial charge < -0.3 is 9.47 Å². The first-order valence-corrected chi connectivity index (χ1v) is 6.68. The maximum Gasteiger partial charge on any atom is 0.234 e. The Hall–Kier alpha value is -2.56. The molecule has 0 saturated heterocycles. The van der Waals surface area contributed by atoms with Gasteiger partial charge in [0.05, 0.1) is 19.9 Å². The minimum atomic E-state index is 0.695. The molecule has 3 aromatic rings. The second-order valence-corrected chi connectivity index (χ2v) is 4.90. The van der Waals surface area contributed by atoms with Crippen LogP contribution in [0, 0.1) is 13.8 Å². The van der Waals surface area contributed by atoms with Crippen LogP contribution in [0.1, 0.15) is 11.4 Å². The lowest BCUT2D eigenvalue weighted by Gasteiger charge is -2.08. The molecule has 0 amide bonds. The Kier molecular flexibility index (Phi) is 3.25. The van der Waals surface area contributed by atoms with Gasteiger partial charge >= 0.3 is 0 Å². The summed E-state index contributed by atoms with van der Waals surface area (Å²) >= 11 is 0. The van der Waals surface area contributed by atoms with Gasteiger partial charge in [0.1, 0.15) is 11.5 Å². The molecule has 3 rings (SSSR count). The van der Waals surface area contributed by atoms with Gasteiger partial charge in [-0.15, -0.1) is 0 Å². The number of hydrogen-bond donors (Lipinski definition) is 0. The lowest BCUT2D eigenvalue weighted by atomic mass is 10.1. The van der Waals surface area contributed by atoms with E-state index in [4.69, 9.17) is 9.47 Å². The molecule has 0 aliphatic heterocycles. The molecule has 0 aliphatic carbocycles. The van der Waals surface area contributed by atoms with Gasteiger partial charge in [0.15, 0.2) is 0 Å². The van der Waals surface area contributed by atoms with Crippen LogP contribution >= 0.6 is 0 Å². The van der Waals surface area contributed by atoms with Crippen molar-refractivity contribution in [3.8, 4) is 22.8 Å². The lowest BCUT2D eigenvalue weighted by molar-refractivity contribution is 0.395. The topological polar surface area (TPSA) is 48.7 Å². The molecule has 108 valence electrons. The number of rotatable bonds is 3. The molecule has 0 unspecified atom stereocenters. The fourth-order valence-electron chi connectivity index (χ4n) is 2.41. The second-order valence-electron chi connectivity index (χ2n) is 4.90. The van der Waals surface area contributed by atoms with E-state index < -0.39 is 0 Å². The first kappa shape index (κ1) is 13.4. The monoisotopic (exact) mass is 283 g/mol. The fraction of sp³-hybridized carbons (Fsp3) is 0.250. The van der Waals surface area contributed by atoms with Crippen molar-refractivity contribution in [3.63, 3.8) is 0 Å². The Labute approximate surface area is 123 Å². The van der Waals surface area contributed by atoms with E-state index >= 15 is 0 Å². The molecule has 0 spiro atoms. The van der Waals surface area contributed by atoms with Crippen molar-refractivity contribution in [1.29, 1.82) is 0 Å². The number of ether oxygens (including phenoxy) is 2. The molecule has 1 aromatic carbocycles. The number of imidazole rings is 1. The summed E-state index contributed by atoms with van der Waals surface area (Å²) in [4.78, 5) is 9.06. The normalized spacial score (nSPS) is 10.9. The third-order valence-electron chi connectivity index (χ3n) is 3.45. The van der Waals surface area contributed by atoms with Crippen molar-refractivity contribution in [2.24, 2.45) is 0 Å². The SMILES string of the molecule is COc1ccc(-c2cn3c(C)cc(C)nc3n2)c(OC)c1. The lowest BCUT2D eigenvalue weighted by Crippen LogP contribution is -1.94. The molecule has 0 N–H and O–H groups in total. The molecule has 5 heteroatoms. The third-order valence-corrected chi connectivity index (χ3v) is 3.45. The molecule has 2 heterocycles. The first-order valence-electron chi connectivity index (χ1n) is 6.68. The molecule has 2 aromatic heterocycles. The number of aryl methyl sites for hydroxylation is 2. The Morgan fingerprint density at radius 2 is 1.81 bits per heavy atom. The van der Waals surface area contributed by atoms with E-state index in [0.29, 0.717) is 5.78 Å². The molecule has 0 bridgehead atoms. The smallest absolute Gasteiger partial charge is 0.234 e. The minimum Gasteiger partial charge on any atom is -0.497 e. The third kappa shape index (κ3) is 2.31. The van der Waals surface area contributed by atoms with Crippen LogP contribution in [0.25, 0.3) is 17.0 Å². The molecule has 0 saturated carbocycles. The van der Waals surface area contributed by atoms with Gasteiger partial charge in [0.2, 0.25) is 5.78 Å². The summed E-state index contributed by atoms with van der Waals surface area (Å²) in [5.74, 6) is 2.18. The number of benzene rings is 1. The Bertz CT molecular complexity index is 809. The minimum absolute atomic E-state index is 0.695. The number of methoxy groups -OCH3 is 2. The van der Waals surface area contributed by atoms with E-state index in [1.807, 2.05) is 48.7 Å². The molecule has 0 aliphatic rings. The molecular formula is C16H17N3O2. The first-order chi connectivity index (χ1) is 10.1. The molecule has 5 nitrogen and oxygen atoms in total. The second kappa shape index (κ2) is 5.09. The van der Waals surface area contributed by atoms with Crippen LogP contribution in [0.2, 0.25) is 0 Å². The maximum absolute atomic E-state index is 5.44. The maximum atomic E-state index is 5.44. The molecule has 0 fully saturated rings. The highest BCUT2D eigenvalue weighted by Crippen LogP contribution is 2.32. The average molecular weight is 283 g/mol. The van der Waals surface area contributed by atoms with Gasteiger partial charge in [-0.25, -0.2) is 9.97 Å². The van der Waals surface area contributed by atoms with Crippen molar-refractivity contribution in [2.75, 3.05) is 14.2 Å². The summed E-state index contributed by atoms with van der Waals surface area (Å²) in [6.07, 6.45) is 1.97. The Morgan fingerprint density at radius 1 is 1.00 bits per heavy atom. The van der Waals surface area contributed by atoms with Crippen molar-refractivity contribution in [3.05, 3.63) is 41.9 Å². The average Bonchev–Trinajstić information content (AvgIpc) is 2.90. The zero-order valence-corrected chi connectivity index (χ0v) is 12.5. The van der Waals surface area contributed by atoms with Gasteiger partial charge in [-0.3, -0.25) is 4.40 Å². The highest BCUT2D eigenvalue weighted by molar-refractivity contribution is 5.70. The van der Waals surface area contributed by atoms with Gasteiger partial charge in [-0.2, -0.15) is 0 Å². The summed E-state index contributed by atoms with van der Waals surface area (Å²) in [7, 11) is 3.27. The predicted octanol–water partition coefficient (Wildman–Crippen LogP) is 3.03. The highest BCUT2D eigenvalue weighted by atomic mass is 16.5. The van der Waals surface area contributed by atoms with E-state index in [0.717, 1.165) is 34.1 Å². The Balaban J connectivity index is 2.18. The standard InChI is InChI=1S/C16H17N3O2/c1-10-7-11(2)19-9-14(18-16(19)17-10)13-6-5-12(20-3)8-15(13)21-4/h5-9H,1-4H3. The molecular weight excluding hydrogens is 266 g/mol. The number of hydrogen-bond acceptors (Lipinski definition) is 4. The largest absolute Gasteiger partial charge is 0.497 e. The van der Waals surface area contributed by atoms with E-state index in [1.54, 1.807) is 14.2 Å². The van der Waals surface area contributed by atoms with Crippen LogP contribution in [-0.4, -0.2) is 28.6 Å². The summed E-state index contributed by atoms with van der Waals surface area (Å²) < 4.78 is 12.6. The van der Waals surface area contributed by atoms with E-state index in [9.17, 15) is 0 Å². The fourth-order valence-corrected chi connectivity index (χ4v) is 2.41. The van der Waals surface area contributed by atoms with Gasteiger partial charge in [-0.1, -0.05) is 0 Å². The van der Waals surface area contributed by atoms with Crippen LogP contribution in [-0.2, 0) is 0 Å². The highest BCUT2D eigenvalue weighted by Gasteiger charge is 2.12. The summed E-state index contributed by atoms with van der Waals surface area (Å²) in [5, 5.41) is 0. The molecule has 0 radical (unpaired) electrons. The quantitative estimate of drug-likeness (QED) is 0.741. The summed E-state index contributed by atoms with van der Waals surface area (Å²) in [5.41, 5.74) is 3.80. The number of nitrogens with zero attached hydrogens (tertiary/aromatic N) is 3. The number of fused-ring (bicyclic) bond motifs is 1. The predicted molar refractivity (Wildman–Crippen MR) is 81.0 cm³/mol. The van der Waals surface area contributed by atoms with Gasteiger partial charge in [-0.05, 0) is 32.0 Å². The van der Waals surface area contributed by atoms with Crippen LogP contribution < -0.4 is 9.47 Å². The van der Waals surface area contributed by atoms with Gasteiger partial charge in [0, 0.05) is 29.2 Å². The van der Waals surface area contributed by atoms with Crippen molar-refractivity contribution < 1.29 is 9.47 Å². The van der Waals surface area contributed by atoms with Crippen LogP contribution in [0.15, 0.2) is 30.5 Å². The summed E-state index contributed by atoms with van der Waals surface area (Å²) in [6, 6.07) is 7.73.